The lowest BCUT2D eigenvalue weighted by Gasteiger charge is -2.15. The minimum absolute atomic E-state index is 0.0705. The number of unbranched alkanes of at least 4 members (excludes halogenated alkanes) is 17. The highest BCUT2D eigenvalue weighted by molar-refractivity contribution is 5.70. The summed E-state index contributed by atoms with van der Waals surface area (Å²) in [7, 11) is 0. The largest absolute Gasteiger partial charge is 0.462 e. The zero-order chi connectivity index (χ0) is 37.1. The van der Waals surface area contributed by atoms with Gasteiger partial charge in [0.15, 0.2) is 6.10 Å². The number of carbonyl (C=O) groups is 2. The third-order valence-corrected chi connectivity index (χ3v) is 8.76. The molecule has 5 heteroatoms. The van der Waals surface area contributed by atoms with Crippen LogP contribution in [0.15, 0.2) is 72.9 Å². The van der Waals surface area contributed by atoms with E-state index in [0.29, 0.717) is 12.8 Å². The maximum absolute atomic E-state index is 12.2. The minimum Gasteiger partial charge on any atom is -0.462 e. The molecule has 0 aromatic rings. The van der Waals surface area contributed by atoms with E-state index in [1.807, 2.05) is 0 Å². The lowest BCUT2D eigenvalue weighted by molar-refractivity contribution is -0.161. The van der Waals surface area contributed by atoms with Crippen LogP contribution < -0.4 is 0 Å². The second kappa shape index (κ2) is 41.8. The number of ether oxygens (including phenoxy) is 2. The van der Waals surface area contributed by atoms with Gasteiger partial charge in [-0.05, 0) is 64.2 Å². The zero-order valence-electron chi connectivity index (χ0n) is 33.1. The van der Waals surface area contributed by atoms with Crippen molar-refractivity contribution in [2.45, 2.75) is 193 Å². The molecule has 0 aliphatic carbocycles. The predicted octanol–water partition coefficient (Wildman–Crippen LogP) is 13.3. The summed E-state index contributed by atoms with van der Waals surface area (Å²) in [6.07, 6.45) is 55.4. The SMILES string of the molecule is CC/C=C\C/C=C\C/C=C\C/C=C\C/C=C\C/C=C\CCCCCCCCCCC(=O)OC(CO)COC(=O)CCCCCCCCCCCC. The van der Waals surface area contributed by atoms with Crippen molar-refractivity contribution in [3.63, 3.8) is 0 Å². The Balaban J connectivity index is 3.58. The van der Waals surface area contributed by atoms with E-state index in [1.54, 1.807) is 0 Å². The maximum Gasteiger partial charge on any atom is 0.306 e. The second-order valence-electron chi connectivity index (χ2n) is 13.7. The molecule has 0 saturated carbocycles. The van der Waals surface area contributed by atoms with Gasteiger partial charge in [0.2, 0.25) is 0 Å². The van der Waals surface area contributed by atoms with E-state index < -0.39 is 6.10 Å². The highest BCUT2D eigenvalue weighted by Gasteiger charge is 2.16. The highest BCUT2D eigenvalue weighted by atomic mass is 16.6. The summed E-state index contributed by atoms with van der Waals surface area (Å²) in [5.41, 5.74) is 0. The molecule has 0 spiro atoms. The topological polar surface area (TPSA) is 72.8 Å². The Kier molecular flexibility index (Phi) is 39.6. The fourth-order valence-electron chi connectivity index (χ4n) is 5.62. The van der Waals surface area contributed by atoms with Gasteiger partial charge in [-0.2, -0.15) is 0 Å². The molecule has 0 bridgehead atoms. The van der Waals surface area contributed by atoms with E-state index in [2.05, 4.69) is 86.8 Å². The minimum atomic E-state index is -0.776. The van der Waals surface area contributed by atoms with E-state index in [-0.39, 0.29) is 25.2 Å². The molecule has 0 radical (unpaired) electrons. The van der Waals surface area contributed by atoms with Crippen LogP contribution in [-0.4, -0.2) is 36.4 Å². The van der Waals surface area contributed by atoms with Gasteiger partial charge in [0, 0.05) is 12.8 Å². The molecule has 0 aliphatic heterocycles. The quantitative estimate of drug-likeness (QED) is 0.0395. The van der Waals surface area contributed by atoms with Crippen LogP contribution in [0.1, 0.15) is 187 Å². The first-order valence-corrected chi connectivity index (χ1v) is 21.0. The second-order valence-corrected chi connectivity index (χ2v) is 13.7. The first-order chi connectivity index (χ1) is 25.1. The molecule has 0 aromatic heterocycles. The smallest absolute Gasteiger partial charge is 0.306 e. The van der Waals surface area contributed by atoms with Crippen molar-refractivity contribution < 1.29 is 24.2 Å². The van der Waals surface area contributed by atoms with Crippen LogP contribution in [0.5, 0.6) is 0 Å². The number of aliphatic hydroxyl groups is 1. The maximum atomic E-state index is 12.2. The Hall–Kier alpha value is -2.66. The molecule has 0 fully saturated rings. The lowest BCUT2D eigenvalue weighted by atomic mass is 10.1. The van der Waals surface area contributed by atoms with E-state index in [4.69, 9.17) is 9.47 Å². The van der Waals surface area contributed by atoms with Crippen molar-refractivity contribution in [1.29, 1.82) is 0 Å². The Bertz CT molecular complexity index is 941. The molecule has 1 atom stereocenters. The van der Waals surface area contributed by atoms with Gasteiger partial charge in [-0.15, -0.1) is 0 Å². The Morgan fingerprint density at radius 1 is 0.471 bits per heavy atom. The molecule has 0 amide bonds. The predicted molar refractivity (Wildman–Crippen MR) is 219 cm³/mol. The third-order valence-electron chi connectivity index (χ3n) is 8.76. The zero-order valence-corrected chi connectivity index (χ0v) is 33.1. The van der Waals surface area contributed by atoms with Gasteiger partial charge in [-0.25, -0.2) is 0 Å². The first-order valence-electron chi connectivity index (χ1n) is 21.0. The van der Waals surface area contributed by atoms with Crippen LogP contribution in [0.4, 0.5) is 0 Å². The molecule has 0 saturated heterocycles. The standard InChI is InChI=1S/C46H78O5/c1-3-5-7-9-11-13-15-16-17-18-19-20-21-22-23-24-25-26-27-28-29-30-31-33-35-37-39-41-46(49)51-44(42-47)43-50-45(48)40-38-36-34-32-14-12-10-8-6-4-2/h5,7,11,13,16-17,19-20,22-23,25-26,44,47H,3-4,6,8-10,12,14-15,18,21,24,27-43H2,1-2H3/b7-5-,13-11-,17-16-,20-19-,23-22-,26-25-. The van der Waals surface area contributed by atoms with Crippen LogP contribution in [0.3, 0.4) is 0 Å². The Labute approximate surface area is 314 Å². The molecular formula is C46H78O5. The number of hydrogen-bond donors (Lipinski definition) is 1. The van der Waals surface area contributed by atoms with Crippen molar-refractivity contribution in [2.75, 3.05) is 13.2 Å². The summed E-state index contributed by atoms with van der Waals surface area (Å²) < 4.78 is 10.6. The van der Waals surface area contributed by atoms with Gasteiger partial charge in [-0.3, -0.25) is 9.59 Å². The summed E-state index contributed by atoms with van der Waals surface area (Å²) in [6.45, 7) is 3.99. The average Bonchev–Trinajstić information content (AvgIpc) is 3.13. The van der Waals surface area contributed by atoms with Gasteiger partial charge in [0.05, 0.1) is 6.61 Å². The van der Waals surface area contributed by atoms with E-state index in [0.717, 1.165) is 83.5 Å². The van der Waals surface area contributed by atoms with Gasteiger partial charge < -0.3 is 14.6 Å². The number of rotatable bonds is 37. The average molecular weight is 711 g/mol. The van der Waals surface area contributed by atoms with Crippen LogP contribution in [0.2, 0.25) is 0 Å². The number of esters is 2. The van der Waals surface area contributed by atoms with Crippen molar-refractivity contribution in [3.8, 4) is 0 Å². The van der Waals surface area contributed by atoms with Gasteiger partial charge in [0.1, 0.15) is 6.61 Å². The number of aliphatic hydroxyl groups excluding tert-OH is 1. The third kappa shape index (κ3) is 40.0. The van der Waals surface area contributed by atoms with E-state index >= 15 is 0 Å². The van der Waals surface area contributed by atoms with Gasteiger partial charge in [0.25, 0.3) is 0 Å². The van der Waals surface area contributed by atoms with Crippen LogP contribution in [0.25, 0.3) is 0 Å². The molecule has 0 aromatic carbocycles. The lowest BCUT2D eigenvalue weighted by Crippen LogP contribution is -2.28. The van der Waals surface area contributed by atoms with Crippen molar-refractivity contribution in [1.82, 2.24) is 0 Å². The number of hydrogen-bond acceptors (Lipinski definition) is 5. The monoisotopic (exact) mass is 711 g/mol. The molecular weight excluding hydrogens is 633 g/mol. The molecule has 0 heterocycles. The van der Waals surface area contributed by atoms with Gasteiger partial charge >= 0.3 is 11.9 Å². The van der Waals surface area contributed by atoms with Gasteiger partial charge in [-0.1, -0.05) is 183 Å². The van der Waals surface area contributed by atoms with Crippen molar-refractivity contribution >= 4 is 11.9 Å². The molecule has 0 aliphatic rings. The van der Waals surface area contributed by atoms with Crippen molar-refractivity contribution in [2.24, 2.45) is 0 Å². The molecule has 0 rings (SSSR count). The normalized spacial score (nSPS) is 12.9. The van der Waals surface area contributed by atoms with Crippen molar-refractivity contribution in [3.05, 3.63) is 72.9 Å². The highest BCUT2D eigenvalue weighted by Crippen LogP contribution is 2.13. The Morgan fingerprint density at radius 3 is 1.27 bits per heavy atom. The fraction of sp³-hybridized carbons (Fsp3) is 0.696. The fourth-order valence-corrected chi connectivity index (χ4v) is 5.62. The van der Waals surface area contributed by atoms with Crippen LogP contribution in [0, 0.1) is 0 Å². The summed E-state index contributed by atoms with van der Waals surface area (Å²) in [5.74, 6) is -0.605. The van der Waals surface area contributed by atoms with Crippen LogP contribution >= 0.6 is 0 Å². The van der Waals surface area contributed by atoms with E-state index in [9.17, 15) is 14.7 Å². The summed E-state index contributed by atoms with van der Waals surface area (Å²) in [5, 5.41) is 9.55. The van der Waals surface area contributed by atoms with E-state index in [1.165, 1.54) is 77.0 Å². The first kappa shape index (κ1) is 48.3. The number of allylic oxidation sites excluding steroid dienone is 12. The molecule has 1 N–H and O–H groups in total. The molecule has 1 unspecified atom stereocenters. The molecule has 51 heavy (non-hydrogen) atoms. The molecule has 292 valence electrons. The van der Waals surface area contributed by atoms with Crippen LogP contribution in [-0.2, 0) is 19.1 Å². The summed E-state index contributed by atoms with van der Waals surface area (Å²) in [6, 6.07) is 0. The molecule has 5 nitrogen and oxygen atoms in total. The Morgan fingerprint density at radius 2 is 0.843 bits per heavy atom. The summed E-state index contributed by atoms with van der Waals surface area (Å²) >= 11 is 0. The number of carbonyl (C=O) groups excluding carboxylic acids is 2. The summed E-state index contributed by atoms with van der Waals surface area (Å²) in [4.78, 5) is 24.2.